The van der Waals surface area contributed by atoms with Crippen LogP contribution in [0.1, 0.15) is 44.7 Å². The number of carbonyl (C=O) groups is 2. The lowest BCUT2D eigenvalue weighted by Crippen LogP contribution is -2.60. The molecule has 1 aromatic rings. The molecule has 2 bridgehead atoms. The molecule has 6 nitrogen and oxygen atoms in total. The maximum atomic E-state index is 13.3. The Balaban J connectivity index is 1.71. The standard InChI is InChI=1S/C21H25FN2O4/c1-21(2,3)28-20(26)24-17-7-14(8-18(24)12-27-11-17)19(25)9-13-4-5-16(22)6-15(13)10-23/h4-6,14,17-18H,7-9,11-12H2,1-3H3. The number of hydrogen-bond acceptors (Lipinski definition) is 5. The minimum atomic E-state index is -0.588. The van der Waals surface area contributed by atoms with Crippen LogP contribution in [0.5, 0.6) is 0 Å². The summed E-state index contributed by atoms with van der Waals surface area (Å²) in [5, 5.41) is 9.18. The van der Waals surface area contributed by atoms with E-state index in [1.165, 1.54) is 12.1 Å². The van der Waals surface area contributed by atoms with Crippen LogP contribution < -0.4 is 0 Å². The number of nitrogens with zero attached hydrogens (tertiary/aromatic N) is 2. The predicted molar refractivity (Wildman–Crippen MR) is 99.0 cm³/mol. The fraction of sp³-hybridized carbons (Fsp3) is 0.571. The predicted octanol–water partition coefficient (Wildman–Crippen LogP) is 3.22. The zero-order chi connectivity index (χ0) is 20.5. The average molecular weight is 388 g/mol. The maximum Gasteiger partial charge on any atom is 0.410 e. The number of halogens is 1. The quantitative estimate of drug-likeness (QED) is 0.794. The summed E-state index contributed by atoms with van der Waals surface area (Å²) < 4.78 is 24.4. The van der Waals surface area contributed by atoms with Crippen LogP contribution in [0.25, 0.3) is 0 Å². The maximum absolute atomic E-state index is 13.3. The molecule has 0 radical (unpaired) electrons. The molecule has 3 rings (SSSR count). The van der Waals surface area contributed by atoms with Crippen molar-refractivity contribution in [3.05, 3.63) is 35.1 Å². The van der Waals surface area contributed by atoms with Gasteiger partial charge in [0.25, 0.3) is 0 Å². The molecule has 0 spiro atoms. The largest absolute Gasteiger partial charge is 0.444 e. The van der Waals surface area contributed by atoms with Crippen LogP contribution in [0, 0.1) is 23.1 Å². The Morgan fingerprint density at radius 1 is 1.29 bits per heavy atom. The van der Waals surface area contributed by atoms with Gasteiger partial charge in [-0.05, 0) is 51.3 Å². The van der Waals surface area contributed by atoms with Gasteiger partial charge in [0.2, 0.25) is 0 Å². The molecule has 0 aromatic heterocycles. The van der Waals surface area contributed by atoms with Crippen molar-refractivity contribution in [2.24, 2.45) is 5.92 Å². The van der Waals surface area contributed by atoms with Gasteiger partial charge in [-0.2, -0.15) is 5.26 Å². The summed E-state index contributed by atoms with van der Waals surface area (Å²) in [5.74, 6) is -0.719. The Morgan fingerprint density at radius 2 is 1.93 bits per heavy atom. The molecule has 1 aromatic carbocycles. The van der Waals surface area contributed by atoms with E-state index in [0.29, 0.717) is 31.6 Å². The Bertz CT molecular complexity index is 798. The van der Waals surface area contributed by atoms with E-state index >= 15 is 0 Å². The Kier molecular flexibility index (Phi) is 5.71. The summed E-state index contributed by atoms with van der Waals surface area (Å²) in [6.07, 6.45) is 0.706. The van der Waals surface area contributed by atoms with E-state index in [1.54, 1.807) is 4.90 Å². The highest BCUT2D eigenvalue weighted by Crippen LogP contribution is 2.34. The van der Waals surface area contributed by atoms with E-state index in [2.05, 4.69) is 0 Å². The number of Topliss-reactive ketones (excluding diaryl/α,β-unsaturated/α-hetero) is 1. The molecule has 2 fully saturated rings. The third kappa shape index (κ3) is 4.50. The van der Waals surface area contributed by atoms with Crippen molar-refractivity contribution in [2.45, 2.75) is 57.7 Å². The van der Waals surface area contributed by atoms with Gasteiger partial charge in [-0.25, -0.2) is 9.18 Å². The van der Waals surface area contributed by atoms with Crippen molar-refractivity contribution in [1.82, 2.24) is 4.90 Å². The number of fused-ring (bicyclic) bond motifs is 2. The second-order valence-corrected chi connectivity index (χ2v) is 8.46. The first-order chi connectivity index (χ1) is 13.2. The summed E-state index contributed by atoms with van der Waals surface area (Å²) in [7, 11) is 0. The number of piperidine rings is 1. The normalized spacial score (nSPS) is 24.4. The van der Waals surface area contributed by atoms with Crippen molar-refractivity contribution >= 4 is 11.9 Å². The van der Waals surface area contributed by atoms with Crippen LogP contribution in [-0.4, -0.2) is 47.7 Å². The second kappa shape index (κ2) is 7.88. The molecule has 2 saturated heterocycles. The van der Waals surface area contributed by atoms with E-state index in [0.717, 1.165) is 6.07 Å². The smallest absolute Gasteiger partial charge is 0.410 e. The van der Waals surface area contributed by atoms with Gasteiger partial charge >= 0.3 is 6.09 Å². The average Bonchev–Trinajstić information content (AvgIpc) is 2.60. The van der Waals surface area contributed by atoms with Crippen molar-refractivity contribution in [3.63, 3.8) is 0 Å². The first kappa shape index (κ1) is 20.3. The van der Waals surface area contributed by atoms with Crippen molar-refractivity contribution in [2.75, 3.05) is 13.2 Å². The highest BCUT2D eigenvalue weighted by molar-refractivity contribution is 5.84. The van der Waals surface area contributed by atoms with Crippen LogP contribution in [-0.2, 0) is 20.7 Å². The minimum absolute atomic E-state index is 0.00356. The molecular formula is C21H25FN2O4. The third-order valence-corrected chi connectivity index (χ3v) is 5.14. The van der Waals surface area contributed by atoms with Crippen molar-refractivity contribution in [3.8, 4) is 6.07 Å². The molecule has 2 atom stereocenters. The van der Waals surface area contributed by atoms with E-state index in [4.69, 9.17) is 9.47 Å². The Labute approximate surface area is 164 Å². The zero-order valence-corrected chi connectivity index (χ0v) is 16.4. The van der Waals surface area contributed by atoms with Gasteiger partial charge < -0.3 is 9.47 Å². The third-order valence-electron chi connectivity index (χ3n) is 5.14. The molecule has 2 aliphatic rings. The highest BCUT2D eigenvalue weighted by Gasteiger charge is 2.45. The molecule has 7 heteroatoms. The van der Waals surface area contributed by atoms with Crippen LogP contribution in [0.3, 0.4) is 0 Å². The first-order valence-electron chi connectivity index (χ1n) is 9.48. The summed E-state index contributed by atoms with van der Waals surface area (Å²) in [5.41, 5.74) is 0.128. The van der Waals surface area contributed by atoms with Gasteiger partial charge in [0.05, 0.1) is 36.9 Å². The number of amides is 1. The second-order valence-electron chi connectivity index (χ2n) is 8.46. The number of rotatable bonds is 3. The number of ether oxygens (including phenoxy) is 2. The fourth-order valence-corrected chi connectivity index (χ4v) is 3.93. The minimum Gasteiger partial charge on any atom is -0.444 e. The molecule has 150 valence electrons. The van der Waals surface area contributed by atoms with Crippen molar-refractivity contribution < 1.29 is 23.5 Å². The highest BCUT2D eigenvalue weighted by atomic mass is 19.1. The van der Waals surface area contributed by atoms with E-state index < -0.39 is 11.4 Å². The molecular weight excluding hydrogens is 363 g/mol. The number of hydrogen-bond donors (Lipinski definition) is 0. The molecule has 1 amide bonds. The molecule has 2 heterocycles. The van der Waals surface area contributed by atoms with E-state index in [1.807, 2.05) is 26.8 Å². The van der Waals surface area contributed by atoms with E-state index in [-0.39, 0.29) is 41.9 Å². The van der Waals surface area contributed by atoms with Crippen LogP contribution in [0.4, 0.5) is 9.18 Å². The molecule has 0 aliphatic carbocycles. The summed E-state index contributed by atoms with van der Waals surface area (Å²) in [6, 6.07) is 5.43. The number of carbonyl (C=O) groups excluding carboxylic acids is 2. The van der Waals surface area contributed by atoms with Gasteiger partial charge in [0.1, 0.15) is 17.2 Å². The number of morpholine rings is 1. The monoisotopic (exact) mass is 388 g/mol. The topological polar surface area (TPSA) is 79.6 Å². The Morgan fingerprint density at radius 3 is 2.50 bits per heavy atom. The number of nitriles is 1. The number of ketones is 1. The number of benzene rings is 1. The van der Waals surface area contributed by atoms with E-state index in [9.17, 15) is 19.2 Å². The molecule has 2 unspecified atom stereocenters. The fourth-order valence-electron chi connectivity index (χ4n) is 3.93. The lowest BCUT2D eigenvalue weighted by Gasteiger charge is -2.47. The van der Waals surface area contributed by atoms with Gasteiger partial charge in [0, 0.05) is 12.3 Å². The lowest BCUT2D eigenvalue weighted by atomic mass is 9.81. The van der Waals surface area contributed by atoms with Crippen LogP contribution in [0.15, 0.2) is 18.2 Å². The molecule has 28 heavy (non-hydrogen) atoms. The SMILES string of the molecule is CC(C)(C)OC(=O)N1C2COCC1CC(C(=O)Cc1ccc(F)cc1C#N)C2. The van der Waals surface area contributed by atoms with Gasteiger partial charge in [-0.15, -0.1) is 0 Å². The van der Waals surface area contributed by atoms with Gasteiger partial charge in [-0.1, -0.05) is 6.07 Å². The molecule has 0 saturated carbocycles. The molecule has 2 aliphatic heterocycles. The first-order valence-corrected chi connectivity index (χ1v) is 9.48. The summed E-state index contributed by atoms with van der Waals surface area (Å²) >= 11 is 0. The zero-order valence-electron chi connectivity index (χ0n) is 16.4. The Hall–Kier alpha value is -2.46. The van der Waals surface area contributed by atoms with Crippen LogP contribution >= 0.6 is 0 Å². The van der Waals surface area contributed by atoms with Crippen LogP contribution in [0.2, 0.25) is 0 Å². The van der Waals surface area contributed by atoms with Crippen molar-refractivity contribution in [1.29, 1.82) is 5.26 Å². The summed E-state index contributed by atoms with van der Waals surface area (Å²) in [4.78, 5) is 27.2. The summed E-state index contributed by atoms with van der Waals surface area (Å²) in [6.45, 7) is 6.22. The van der Waals surface area contributed by atoms with Gasteiger partial charge in [0.15, 0.2) is 0 Å². The van der Waals surface area contributed by atoms with Gasteiger partial charge in [-0.3, -0.25) is 9.69 Å². The molecule has 0 N–H and O–H groups in total. The lowest BCUT2D eigenvalue weighted by molar-refractivity contribution is -0.131.